The summed E-state index contributed by atoms with van der Waals surface area (Å²) in [7, 11) is 0. The predicted octanol–water partition coefficient (Wildman–Crippen LogP) is 1.14. The molecule has 0 saturated carbocycles. The lowest BCUT2D eigenvalue weighted by Gasteiger charge is -2.16. The first-order valence-corrected chi connectivity index (χ1v) is 4.65. The largest absolute Gasteiger partial charge is 0.463 e. The Hall–Kier alpha value is -0.280. The number of alkyl halides is 1. The molecule has 0 aromatic rings. The van der Waals surface area contributed by atoms with Gasteiger partial charge in [-0.2, -0.15) is 0 Å². The molecule has 0 aliphatic carbocycles. The highest BCUT2D eigenvalue weighted by Gasteiger charge is 2.20. The van der Waals surface area contributed by atoms with E-state index in [4.69, 9.17) is 22.1 Å². The molecule has 12 heavy (non-hydrogen) atoms. The van der Waals surface area contributed by atoms with Gasteiger partial charge in [-0.05, 0) is 5.92 Å². The van der Waals surface area contributed by atoms with E-state index >= 15 is 0 Å². The molecule has 3 nitrogen and oxygen atoms in total. The minimum Gasteiger partial charge on any atom is -0.463 e. The molecule has 0 aliphatic rings. The van der Waals surface area contributed by atoms with Crippen LogP contribution in [0, 0.1) is 5.92 Å². The van der Waals surface area contributed by atoms with Gasteiger partial charge >= 0.3 is 5.97 Å². The second-order valence-corrected chi connectivity index (χ2v) is 3.15. The number of rotatable bonds is 5. The Labute approximate surface area is 78.2 Å². The fourth-order valence-electron chi connectivity index (χ4n) is 0.722. The topological polar surface area (TPSA) is 52.3 Å². The standard InChI is InChI=1S/C8H16ClNO2/c1-3-6(2)7(10)8(11)12-5-4-9/h6-7H,3-5,10H2,1-2H3/t6-,7-/m0/s1. The Morgan fingerprint density at radius 3 is 2.67 bits per heavy atom. The second-order valence-electron chi connectivity index (χ2n) is 2.77. The Kier molecular flexibility index (Phi) is 6.11. The Morgan fingerprint density at radius 2 is 2.25 bits per heavy atom. The summed E-state index contributed by atoms with van der Waals surface area (Å²) in [6.07, 6.45) is 0.872. The summed E-state index contributed by atoms with van der Waals surface area (Å²) in [6, 6.07) is -0.516. The highest BCUT2D eigenvalue weighted by molar-refractivity contribution is 6.18. The molecule has 0 spiro atoms. The molecule has 0 unspecified atom stereocenters. The van der Waals surface area contributed by atoms with Gasteiger partial charge in [0, 0.05) is 0 Å². The van der Waals surface area contributed by atoms with Gasteiger partial charge in [-0.15, -0.1) is 11.6 Å². The Morgan fingerprint density at radius 1 is 1.67 bits per heavy atom. The third-order valence-corrected chi connectivity index (χ3v) is 2.00. The van der Waals surface area contributed by atoms with Crippen LogP contribution in [0.5, 0.6) is 0 Å². The van der Waals surface area contributed by atoms with E-state index < -0.39 is 6.04 Å². The van der Waals surface area contributed by atoms with Gasteiger partial charge in [0.05, 0.1) is 5.88 Å². The quantitative estimate of drug-likeness (QED) is 0.526. The van der Waals surface area contributed by atoms with Crippen molar-refractivity contribution in [3.05, 3.63) is 0 Å². The third kappa shape index (κ3) is 3.93. The molecular weight excluding hydrogens is 178 g/mol. The van der Waals surface area contributed by atoms with Crippen molar-refractivity contribution < 1.29 is 9.53 Å². The Bertz CT molecular complexity index is 141. The van der Waals surface area contributed by atoms with E-state index in [0.717, 1.165) is 6.42 Å². The molecule has 0 aromatic heterocycles. The second kappa shape index (κ2) is 6.26. The van der Waals surface area contributed by atoms with E-state index in [9.17, 15) is 4.79 Å². The molecule has 0 bridgehead atoms. The first-order valence-electron chi connectivity index (χ1n) is 4.11. The van der Waals surface area contributed by atoms with Crippen LogP contribution in [0.1, 0.15) is 20.3 Å². The van der Waals surface area contributed by atoms with Crippen molar-refractivity contribution in [3.63, 3.8) is 0 Å². The summed E-state index contributed by atoms with van der Waals surface area (Å²) in [4.78, 5) is 11.1. The predicted molar refractivity (Wildman–Crippen MR) is 49.1 cm³/mol. The number of hydrogen-bond acceptors (Lipinski definition) is 3. The molecule has 0 heterocycles. The molecule has 72 valence electrons. The normalized spacial score (nSPS) is 15.3. The number of ether oxygens (including phenoxy) is 1. The van der Waals surface area contributed by atoms with Crippen molar-refractivity contribution in [1.82, 2.24) is 0 Å². The monoisotopic (exact) mass is 193 g/mol. The van der Waals surface area contributed by atoms with Gasteiger partial charge < -0.3 is 10.5 Å². The van der Waals surface area contributed by atoms with Crippen LogP contribution in [-0.2, 0) is 9.53 Å². The summed E-state index contributed by atoms with van der Waals surface area (Å²) in [6.45, 7) is 4.15. The van der Waals surface area contributed by atoms with Gasteiger partial charge in [-0.1, -0.05) is 20.3 Å². The maximum Gasteiger partial charge on any atom is 0.323 e. The van der Waals surface area contributed by atoms with Crippen molar-refractivity contribution >= 4 is 17.6 Å². The van der Waals surface area contributed by atoms with Crippen molar-refractivity contribution in [1.29, 1.82) is 0 Å². The molecule has 0 rings (SSSR count). The van der Waals surface area contributed by atoms with Crippen LogP contribution >= 0.6 is 11.6 Å². The maximum absolute atomic E-state index is 11.1. The molecule has 0 saturated heterocycles. The molecule has 0 radical (unpaired) electrons. The van der Waals surface area contributed by atoms with Crippen LogP contribution in [-0.4, -0.2) is 24.5 Å². The van der Waals surface area contributed by atoms with E-state index in [0.29, 0.717) is 5.88 Å². The summed E-state index contributed by atoms with van der Waals surface area (Å²) >= 11 is 5.35. The van der Waals surface area contributed by atoms with Crippen LogP contribution in [0.25, 0.3) is 0 Å². The molecule has 2 N–H and O–H groups in total. The lowest BCUT2D eigenvalue weighted by molar-refractivity contribution is -0.145. The first kappa shape index (κ1) is 11.7. The molecule has 0 aromatic carbocycles. The van der Waals surface area contributed by atoms with Crippen LogP contribution in [0.15, 0.2) is 0 Å². The van der Waals surface area contributed by atoms with Gasteiger partial charge in [-0.25, -0.2) is 0 Å². The number of hydrogen-bond donors (Lipinski definition) is 1. The molecule has 0 fully saturated rings. The van der Waals surface area contributed by atoms with E-state index in [1.165, 1.54) is 0 Å². The summed E-state index contributed by atoms with van der Waals surface area (Å²) in [5.41, 5.74) is 5.59. The zero-order chi connectivity index (χ0) is 9.56. The zero-order valence-electron chi connectivity index (χ0n) is 7.55. The fourth-order valence-corrected chi connectivity index (χ4v) is 0.799. The minimum atomic E-state index is -0.516. The lowest BCUT2D eigenvalue weighted by atomic mass is 10.0. The molecule has 4 heteroatoms. The van der Waals surface area contributed by atoms with E-state index in [1.54, 1.807) is 0 Å². The molecule has 2 atom stereocenters. The summed E-state index contributed by atoms with van der Waals surface area (Å²) < 4.78 is 4.78. The third-order valence-electron chi connectivity index (χ3n) is 1.85. The zero-order valence-corrected chi connectivity index (χ0v) is 8.30. The highest BCUT2D eigenvalue weighted by atomic mass is 35.5. The minimum absolute atomic E-state index is 0.160. The smallest absolute Gasteiger partial charge is 0.323 e. The van der Waals surface area contributed by atoms with Crippen molar-refractivity contribution in [2.24, 2.45) is 11.7 Å². The first-order chi connectivity index (χ1) is 5.63. The number of carbonyl (C=O) groups is 1. The average Bonchev–Trinajstić information content (AvgIpc) is 2.11. The van der Waals surface area contributed by atoms with Gasteiger partial charge in [-0.3, -0.25) is 4.79 Å². The number of carbonyl (C=O) groups excluding carboxylic acids is 1. The summed E-state index contributed by atoms with van der Waals surface area (Å²) in [5.74, 6) is 0.122. The van der Waals surface area contributed by atoms with Gasteiger partial charge in [0.15, 0.2) is 0 Å². The summed E-state index contributed by atoms with van der Waals surface area (Å²) in [5, 5.41) is 0. The van der Waals surface area contributed by atoms with Gasteiger partial charge in [0.1, 0.15) is 12.6 Å². The van der Waals surface area contributed by atoms with Crippen LogP contribution < -0.4 is 5.73 Å². The van der Waals surface area contributed by atoms with E-state index in [2.05, 4.69) is 0 Å². The molecule has 0 amide bonds. The van der Waals surface area contributed by atoms with Crippen molar-refractivity contribution in [2.75, 3.05) is 12.5 Å². The fraction of sp³-hybridized carbons (Fsp3) is 0.875. The van der Waals surface area contributed by atoms with Gasteiger partial charge in [0.25, 0.3) is 0 Å². The number of nitrogens with two attached hydrogens (primary N) is 1. The number of esters is 1. The van der Waals surface area contributed by atoms with Gasteiger partial charge in [0.2, 0.25) is 0 Å². The van der Waals surface area contributed by atoms with Crippen molar-refractivity contribution in [2.45, 2.75) is 26.3 Å². The maximum atomic E-state index is 11.1. The molecular formula is C8H16ClNO2. The number of halogens is 1. The Balaban J connectivity index is 3.75. The van der Waals surface area contributed by atoms with E-state index in [1.807, 2.05) is 13.8 Å². The highest BCUT2D eigenvalue weighted by Crippen LogP contribution is 2.06. The lowest BCUT2D eigenvalue weighted by Crippen LogP contribution is -2.38. The van der Waals surface area contributed by atoms with Crippen LogP contribution in [0.2, 0.25) is 0 Å². The van der Waals surface area contributed by atoms with E-state index in [-0.39, 0.29) is 18.5 Å². The SMILES string of the molecule is CC[C@H](C)[C@H](N)C(=O)OCCCl. The van der Waals surface area contributed by atoms with Crippen molar-refractivity contribution in [3.8, 4) is 0 Å². The average molecular weight is 194 g/mol. The van der Waals surface area contributed by atoms with Crippen LogP contribution in [0.4, 0.5) is 0 Å². The van der Waals surface area contributed by atoms with Crippen LogP contribution in [0.3, 0.4) is 0 Å². The molecule has 0 aliphatic heterocycles.